The van der Waals surface area contributed by atoms with Gasteiger partial charge in [0.2, 0.25) is 0 Å². The van der Waals surface area contributed by atoms with Crippen LogP contribution in [0.2, 0.25) is 0 Å². The maximum Gasteiger partial charge on any atom is -1.00 e. The Morgan fingerprint density at radius 2 is 2.05 bits per heavy atom. The zero-order valence-corrected chi connectivity index (χ0v) is 16.3. The summed E-state index contributed by atoms with van der Waals surface area (Å²) in [5, 5.41) is 0. The van der Waals surface area contributed by atoms with Crippen molar-refractivity contribution in [2.24, 2.45) is 0 Å². The summed E-state index contributed by atoms with van der Waals surface area (Å²) in [5.41, 5.74) is 4.30. The van der Waals surface area contributed by atoms with Gasteiger partial charge in [-0.2, -0.15) is 0 Å². The molecule has 0 aromatic heterocycles. The number of rotatable bonds is 2. The van der Waals surface area contributed by atoms with Crippen LogP contribution in [0.1, 0.15) is 13.3 Å². The fourth-order valence-corrected chi connectivity index (χ4v) is 7.00. The summed E-state index contributed by atoms with van der Waals surface area (Å²) in [6.07, 6.45) is 12.6. The van der Waals surface area contributed by atoms with E-state index in [0.717, 1.165) is 0 Å². The van der Waals surface area contributed by atoms with E-state index in [9.17, 15) is 0 Å². The molecule has 3 rings (SSSR count). The van der Waals surface area contributed by atoms with Gasteiger partial charge < -0.3 is 24.8 Å². The molecule has 0 saturated heterocycles. The molecule has 19 heavy (non-hydrogen) atoms. The quantitative estimate of drug-likeness (QED) is 0.346. The van der Waals surface area contributed by atoms with E-state index in [1.54, 1.807) is 6.56 Å². The van der Waals surface area contributed by atoms with Crippen LogP contribution in [0.4, 0.5) is 0 Å². The number of allylic oxidation sites excluding steroid dienone is 7. The Bertz CT molecular complexity index is 532. The molecule has 1 nitrogen and oxygen atoms in total. The van der Waals surface area contributed by atoms with Crippen molar-refractivity contribution in [1.29, 1.82) is 0 Å². The molecule has 0 N–H and O–H groups in total. The zero-order valence-electron chi connectivity index (χ0n) is 10.8. The molecular weight excluding hydrogens is 424 g/mol. The standard InChI is InChI=1S/C9H9BrN.C5H5.2ClH.Zr/c1-6-3-7-5-9(10)11(2)8(7)4-6;1-2-4-5-3-1;;;/h3-4,9H,1-2H3;1-3H,4H2;2*1H;/q;;;;+2/p-2. The fourth-order valence-electron chi connectivity index (χ4n) is 2.43. The van der Waals surface area contributed by atoms with Gasteiger partial charge in [-0.05, 0) is 0 Å². The number of fused-ring (bicyclic) bond motifs is 1. The van der Waals surface area contributed by atoms with Gasteiger partial charge in [-0.1, -0.05) is 0 Å². The molecule has 5 heteroatoms. The van der Waals surface area contributed by atoms with Crippen LogP contribution in [-0.4, -0.2) is 16.9 Å². The Hall–Kier alpha value is 0.443. The number of hydrogen-bond donors (Lipinski definition) is 0. The summed E-state index contributed by atoms with van der Waals surface area (Å²) in [6, 6.07) is 0. The Balaban J connectivity index is 0.000000902. The number of alkyl halides is 1. The van der Waals surface area contributed by atoms with E-state index in [-0.39, 0.29) is 24.8 Å². The molecule has 1 unspecified atom stereocenters. The second kappa shape index (κ2) is 6.94. The molecule has 0 amide bonds. The summed E-state index contributed by atoms with van der Waals surface area (Å²) in [4.78, 5) is 2.79. The summed E-state index contributed by atoms with van der Waals surface area (Å²) in [5.74, 6) is 0. The second-order valence-electron chi connectivity index (χ2n) is 4.64. The summed E-state index contributed by atoms with van der Waals surface area (Å²) in [7, 11) is 2.19. The van der Waals surface area contributed by atoms with Gasteiger partial charge in [0.15, 0.2) is 0 Å². The van der Waals surface area contributed by atoms with Gasteiger partial charge in [-0.25, -0.2) is 0 Å². The van der Waals surface area contributed by atoms with Gasteiger partial charge in [-0.3, -0.25) is 0 Å². The van der Waals surface area contributed by atoms with Crippen LogP contribution in [0.15, 0.2) is 53.8 Å². The molecule has 1 heterocycles. The average Bonchev–Trinajstić information content (AvgIpc) is 2.96. The van der Waals surface area contributed by atoms with Gasteiger partial charge >= 0.3 is 123 Å². The molecular formula is C14H14BrCl2NZr. The molecule has 0 aromatic rings. The van der Waals surface area contributed by atoms with E-state index in [4.69, 9.17) is 0 Å². The molecule has 0 fully saturated rings. The van der Waals surface area contributed by atoms with Crippen molar-refractivity contribution < 1.29 is 48.0 Å². The Morgan fingerprint density at radius 3 is 2.68 bits per heavy atom. The maximum absolute atomic E-state index is 3.85. The van der Waals surface area contributed by atoms with Crippen molar-refractivity contribution >= 4 is 15.9 Å². The summed E-state index contributed by atoms with van der Waals surface area (Å²) < 4.78 is 3.36. The van der Waals surface area contributed by atoms with Gasteiger partial charge in [-0.15, -0.1) is 0 Å². The number of hydrogen-bond acceptors (Lipinski definition) is 1. The Kier molecular flexibility index (Phi) is 6.39. The monoisotopic (exact) mass is 435 g/mol. The number of nitrogens with zero attached hydrogens (tertiary/aromatic N) is 1. The van der Waals surface area contributed by atoms with Crippen LogP contribution >= 0.6 is 15.9 Å². The average molecular weight is 438 g/mol. The van der Waals surface area contributed by atoms with E-state index in [0.29, 0.717) is 4.95 Å². The molecule has 0 spiro atoms. The maximum atomic E-state index is 3.85. The molecule has 0 radical (unpaired) electrons. The van der Waals surface area contributed by atoms with Crippen molar-refractivity contribution in [3.05, 3.63) is 53.8 Å². The predicted molar refractivity (Wildman–Crippen MR) is 71.2 cm³/mol. The Labute approximate surface area is 147 Å². The van der Waals surface area contributed by atoms with Crippen LogP contribution in [0.25, 0.3) is 0 Å². The van der Waals surface area contributed by atoms with Crippen LogP contribution < -0.4 is 24.8 Å². The van der Waals surface area contributed by atoms with E-state index in [1.807, 2.05) is 0 Å². The zero-order chi connectivity index (χ0) is 12.0. The van der Waals surface area contributed by atoms with Crippen molar-refractivity contribution in [2.45, 2.75) is 18.3 Å². The van der Waals surface area contributed by atoms with Gasteiger partial charge in [0.05, 0.1) is 0 Å². The molecule has 3 aliphatic rings. The smallest absolute Gasteiger partial charge is 1.00 e. The van der Waals surface area contributed by atoms with Crippen LogP contribution in [-0.2, 0) is 23.2 Å². The van der Waals surface area contributed by atoms with Crippen molar-refractivity contribution in [1.82, 2.24) is 4.90 Å². The minimum atomic E-state index is -0.591. The first-order chi connectivity index (χ1) is 8.16. The van der Waals surface area contributed by atoms with Gasteiger partial charge in [0, 0.05) is 0 Å². The minimum absolute atomic E-state index is 0. The second-order valence-corrected chi connectivity index (χ2v) is 9.03. The van der Waals surface area contributed by atoms with Crippen molar-refractivity contribution in [3.63, 3.8) is 0 Å². The third-order valence-corrected chi connectivity index (χ3v) is 9.14. The molecule has 2 aliphatic carbocycles. The molecule has 1 atom stereocenters. The SMILES string of the molecule is CC1=CC2=[C]([Zr+2][C]3=CC=CC3)C(Br)N(C)C2=C1.[Cl-].[Cl-]. The van der Waals surface area contributed by atoms with Gasteiger partial charge in [0.25, 0.3) is 0 Å². The van der Waals surface area contributed by atoms with Gasteiger partial charge in [0.1, 0.15) is 0 Å². The van der Waals surface area contributed by atoms with Crippen molar-refractivity contribution in [3.8, 4) is 0 Å². The summed E-state index contributed by atoms with van der Waals surface area (Å²) >= 11 is 3.25. The van der Waals surface area contributed by atoms with Crippen LogP contribution in [0, 0.1) is 0 Å². The normalized spacial score (nSPS) is 23.2. The fraction of sp³-hybridized carbons (Fsp3) is 0.286. The predicted octanol–water partition coefficient (Wildman–Crippen LogP) is -2.31. The first-order valence-corrected chi connectivity index (χ1v) is 9.18. The largest absolute Gasteiger partial charge is 1.00 e. The first kappa shape index (κ1) is 17.5. The number of likely N-dealkylation sites (N-methyl/N-ethyl adjacent to an activating group) is 1. The minimum Gasteiger partial charge on any atom is -1.00 e. The van der Waals surface area contributed by atoms with E-state index in [1.165, 1.54) is 23.3 Å². The molecule has 100 valence electrons. The van der Waals surface area contributed by atoms with Crippen LogP contribution in [0.3, 0.4) is 0 Å². The first-order valence-electron chi connectivity index (χ1n) is 5.81. The summed E-state index contributed by atoms with van der Waals surface area (Å²) in [6.45, 7) is 2.19. The molecule has 0 aromatic carbocycles. The van der Waals surface area contributed by atoms with Crippen molar-refractivity contribution in [2.75, 3.05) is 7.05 Å². The van der Waals surface area contributed by atoms with E-state index in [2.05, 4.69) is 65.2 Å². The molecule has 1 aliphatic heterocycles. The third-order valence-electron chi connectivity index (χ3n) is 3.33. The van der Waals surface area contributed by atoms with Crippen LogP contribution in [0.5, 0.6) is 0 Å². The Morgan fingerprint density at radius 1 is 1.32 bits per heavy atom. The molecule has 0 bridgehead atoms. The molecule has 0 saturated carbocycles. The van der Waals surface area contributed by atoms with E-state index < -0.39 is 23.2 Å². The topological polar surface area (TPSA) is 3.24 Å². The van der Waals surface area contributed by atoms with E-state index >= 15 is 0 Å². The number of halogens is 3. The third kappa shape index (κ3) is 3.21.